The van der Waals surface area contributed by atoms with Crippen molar-refractivity contribution in [2.45, 2.75) is 12.6 Å². The third-order valence-electron chi connectivity index (χ3n) is 3.27. The summed E-state index contributed by atoms with van der Waals surface area (Å²) < 4.78 is 74.2. The quantitative estimate of drug-likeness (QED) is 0.536. The zero-order chi connectivity index (χ0) is 17.6. The van der Waals surface area contributed by atoms with E-state index in [0.29, 0.717) is 12.1 Å². The van der Waals surface area contributed by atoms with Crippen LogP contribution in [-0.2, 0) is 20.0 Å². The van der Waals surface area contributed by atoms with Gasteiger partial charge in [-0.1, -0.05) is 15.9 Å². The average Bonchev–Trinajstić information content (AvgIpc) is 2.65. The van der Waals surface area contributed by atoms with E-state index in [4.69, 9.17) is 10.7 Å². The molecule has 1 fully saturated rings. The first kappa shape index (κ1) is 18.5. The Morgan fingerprint density at radius 1 is 1.35 bits per heavy atom. The van der Waals surface area contributed by atoms with Crippen LogP contribution in [0.5, 0.6) is 0 Å². The van der Waals surface area contributed by atoms with Crippen molar-refractivity contribution < 1.29 is 30.8 Å². The number of alkyl halides is 3. The highest BCUT2D eigenvalue weighted by molar-refractivity contribution is 9.10. The van der Waals surface area contributed by atoms with Gasteiger partial charge in [0.15, 0.2) is 0 Å². The van der Waals surface area contributed by atoms with Crippen molar-refractivity contribution in [2.24, 2.45) is 5.92 Å². The summed E-state index contributed by atoms with van der Waals surface area (Å²) in [4.78, 5) is 12.7. The van der Waals surface area contributed by atoms with Gasteiger partial charge in [-0.05, 0) is 12.1 Å². The van der Waals surface area contributed by atoms with E-state index in [-0.39, 0.29) is 13.0 Å². The predicted octanol–water partition coefficient (Wildman–Crippen LogP) is 3.53. The van der Waals surface area contributed by atoms with Crippen molar-refractivity contribution in [1.29, 1.82) is 0 Å². The zero-order valence-electron chi connectivity index (χ0n) is 11.2. The Hall–Kier alpha value is -0.870. The maximum Gasteiger partial charge on any atom is 0.417 e. The second kappa shape index (κ2) is 6.21. The van der Waals surface area contributed by atoms with Crippen LogP contribution in [0.15, 0.2) is 16.6 Å². The lowest BCUT2D eigenvalue weighted by Gasteiger charge is -2.20. The highest BCUT2D eigenvalue weighted by Gasteiger charge is 2.38. The molecular weight excluding hydrogens is 430 g/mol. The van der Waals surface area contributed by atoms with Gasteiger partial charge in [-0.15, -0.1) is 0 Å². The van der Waals surface area contributed by atoms with Crippen molar-refractivity contribution in [3.8, 4) is 0 Å². The highest BCUT2D eigenvalue weighted by Crippen LogP contribution is 2.39. The lowest BCUT2D eigenvalue weighted by Crippen LogP contribution is -2.27. The fourth-order valence-corrected chi connectivity index (χ4v) is 4.23. The van der Waals surface area contributed by atoms with E-state index in [2.05, 4.69) is 15.9 Å². The summed E-state index contributed by atoms with van der Waals surface area (Å²) in [5, 5.41) is 0. The number of hydrogen-bond acceptors (Lipinski definition) is 3. The van der Waals surface area contributed by atoms with Crippen molar-refractivity contribution >= 4 is 47.3 Å². The minimum absolute atomic E-state index is 0.222. The van der Waals surface area contributed by atoms with Gasteiger partial charge in [-0.3, -0.25) is 4.79 Å². The monoisotopic (exact) mass is 437 g/mol. The Bertz CT molecular complexity index is 753. The molecule has 0 aliphatic carbocycles. The van der Waals surface area contributed by atoms with Crippen LogP contribution in [0.1, 0.15) is 12.0 Å². The standard InChI is InChI=1S/C12H9BrClF4NO3S/c13-8-3-9(15)10(2-7(8)12(16,17)18)19-4-6(1-11(19)20)5-23(14,21)22/h2-3,6H,1,4-5H2. The van der Waals surface area contributed by atoms with Crippen LogP contribution in [0, 0.1) is 11.7 Å². The predicted molar refractivity (Wildman–Crippen MR) is 79.2 cm³/mol. The van der Waals surface area contributed by atoms with Crippen molar-refractivity contribution in [3.05, 3.63) is 28.0 Å². The first-order valence-electron chi connectivity index (χ1n) is 6.17. The van der Waals surface area contributed by atoms with Gasteiger partial charge < -0.3 is 4.90 Å². The number of rotatable bonds is 3. The van der Waals surface area contributed by atoms with Crippen molar-refractivity contribution in [1.82, 2.24) is 0 Å². The zero-order valence-corrected chi connectivity index (χ0v) is 14.4. The minimum atomic E-state index is -4.73. The Kier molecular flexibility index (Phi) is 4.99. The second-order valence-corrected chi connectivity index (χ2v) is 8.74. The number of anilines is 1. The first-order chi connectivity index (χ1) is 10.4. The molecule has 1 unspecified atom stereocenters. The minimum Gasteiger partial charge on any atom is -0.309 e. The molecule has 1 aliphatic heterocycles. The average molecular weight is 439 g/mol. The molecule has 1 saturated heterocycles. The smallest absolute Gasteiger partial charge is 0.309 e. The fourth-order valence-electron chi connectivity index (χ4n) is 2.37. The van der Waals surface area contributed by atoms with Crippen LogP contribution in [-0.4, -0.2) is 26.6 Å². The number of hydrogen-bond donors (Lipinski definition) is 0. The first-order valence-corrected chi connectivity index (χ1v) is 9.44. The third-order valence-corrected chi connectivity index (χ3v) is 5.18. The summed E-state index contributed by atoms with van der Waals surface area (Å²) in [5.74, 6) is -2.90. The van der Waals surface area contributed by atoms with E-state index in [0.717, 1.165) is 4.90 Å². The topological polar surface area (TPSA) is 54.5 Å². The van der Waals surface area contributed by atoms with Gasteiger partial charge in [0.2, 0.25) is 15.0 Å². The van der Waals surface area contributed by atoms with Gasteiger partial charge >= 0.3 is 6.18 Å². The number of nitrogens with zero attached hydrogens (tertiary/aromatic N) is 1. The van der Waals surface area contributed by atoms with Crippen LogP contribution >= 0.6 is 26.6 Å². The lowest BCUT2D eigenvalue weighted by atomic mass is 10.1. The highest BCUT2D eigenvalue weighted by atomic mass is 79.9. The van der Waals surface area contributed by atoms with E-state index in [1.54, 1.807) is 0 Å². The van der Waals surface area contributed by atoms with Crippen LogP contribution in [0.2, 0.25) is 0 Å². The summed E-state index contributed by atoms with van der Waals surface area (Å²) in [6.45, 7) is -0.222. The Morgan fingerprint density at radius 3 is 2.48 bits per heavy atom. The molecule has 0 N–H and O–H groups in total. The van der Waals surface area contributed by atoms with Gasteiger partial charge in [-0.2, -0.15) is 13.2 Å². The van der Waals surface area contributed by atoms with E-state index >= 15 is 0 Å². The summed E-state index contributed by atoms with van der Waals surface area (Å²) in [6.07, 6.45) is -4.97. The van der Waals surface area contributed by atoms with E-state index in [1.807, 2.05) is 0 Å². The third kappa shape index (κ3) is 4.36. The number of amides is 1. The number of benzene rings is 1. The summed E-state index contributed by atoms with van der Waals surface area (Å²) in [7, 11) is 1.23. The molecule has 1 aromatic carbocycles. The van der Waals surface area contributed by atoms with Crippen molar-refractivity contribution in [2.75, 3.05) is 17.2 Å². The molecule has 1 atom stereocenters. The molecule has 1 amide bonds. The van der Waals surface area contributed by atoms with Crippen LogP contribution < -0.4 is 4.90 Å². The second-order valence-electron chi connectivity index (χ2n) is 5.06. The SMILES string of the molecule is O=C1CC(CS(=O)(=O)Cl)CN1c1cc(C(F)(F)F)c(Br)cc1F. The molecule has 11 heteroatoms. The maximum absolute atomic E-state index is 14.0. The summed E-state index contributed by atoms with van der Waals surface area (Å²) in [5.41, 5.74) is -1.67. The van der Waals surface area contributed by atoms with Crippen molar-refractivity contribution in [3.63, 3.8) is 0 Å². The van der Waals surface area contributed by atoms with E-state index < -0.39 is 54.3 Å². The molecule has 2 rings (SSSR count). The molecule has 0 saturated carbocycles. The molecular formula is C12H9BrClF4NO3S. The maximum atomic E-state index is 14.0. The van der Waals surface area contributed by atoms with E-state index in [1.165, 1.54) is 0 Å². The molecule has 128 valence electrons. The van der Waals surface area contributed by atoms with Gasteiger partial charge in [-0.25, -0.2) is 12.8 Å². The van der Waals surface area contributed by atoms with Gasteiger partial charge in [0, 0.05) is 34.0 Å². The van der Waals surface area contributed by atoms with Crippen LogP contribution in [0.4, 0.5) is 23.2 Å². The Labute approximate surface area is 141 Å². The van der Waals surface area contributed by atoms with Gasteiger partial charge in [0.25, 0.3) is 0 Å². The number of halogens is 6. The molecule has 1 aromatic rings. The Balaban J connectivity index is 2.37. The molecule has 4 nitrogen and oxygen atoms in total. The lowest BCUT2D eigenvalue weighted by molar-refractivity contribution is -0.138. The molecule has 0 bridgehead atoms. The number of carbonyl (C=O) groups is 1. The molecule has 23 heavy (non-hydrogen) atoms. The molecule has 0 spiro atoms. The largest absolute Gasteiger partial charge is 0.417 e. The van der Waals surface area contributed by atoms with Gasteiger partial charge in [0.05, 0.1) is 17.0 Å². The molecule has 0 aromatic heterocycles. The molecule has 1 heterocycles. The number of carbonyl (C=O) groups excluding carboxylic acids is 1. The van der Waals surface area contributed by atoms with Crippen LogP contribution in [0.25, 0.3) is 0 Å². The van der Waals surface area contributed by atoms with Crippen LogP contribution in [0.3, 0.4) is 0 Å². The fraction of sp³-hybridized carbons (Fsp3) is 0.417. The van der Waals surface area contributed by atoms with E-state index in [9.17, 15) is 30.8 Å². The van der Waals surface area contributed by atoms with Gasteiger partial charge in [0.1, 0.15) is 5.82 Å². The summed E-state index contributed by atoms with van der Waals surface area (Å²) >= 11 is 2.63. The normalized spacial score (nSPS) is 19.5. The summed E-state index contributed by atoms with van der Waals surface area (Å²) in [6, 6.07) is 1.14. The molecule has 1 aliphatic rings. The Morgan fingerprint density at radius 2 is 1.96 bits per heavy atom. The molecule has 0 radical (unpaired) electrons.